The summed E-state index contributed by atoms with van der Waals surface area (Å²) >= 11 is 0. The second-order valence-corrected chi connectivity index (χ2v) is 12.8. The molecule has 0 saturated heterocycles. The first-order valence-corrected chi connectivity index (χ1v) is 17.3. The normalized spacial score (nSPS) is 11.7. The second kappa shape index (κ2) is 17.2. The van der Waals surface area contributed by atoms with Crippen LogP contribution in [-0.4, -0.2) is 58.0 Å². The summed E-state index contributed by atoms with van der Waals surface area (Å²) in [6, 6.07) is 30.4. The van der Waals surface area contributed by atoms with Crippen molar-refractivity contribution in [2.45, 2.75) is 50.6 Å². The zero-order chi connectivity index (χ0) is 33.6. The van der Waals surface area contributed by atoms with Crippen LogP contribution in [-0.2, 0) is 32.6 Å². The van der Waals surface area contributed by atoms with E-state index in [1.807, 2.05) is 56.3 Å². The van der Waals surface area contributed by atoms with E-state index in [4.69, 9.17) is 9.47 Å². The maximum absolute atomic E-state index is 14.6. The molecule has 4 rings (SSSR count). The Labute approximate surface area is 278 Å². The lowest BCUT2D eigenvalue weighted by Gasteiger charge is -2.34. The van der Waals surface area contributed by atoms with E-state index in [0.717, 1.165) is 28.3 Å². The summed E-state index contributed by atoms with van der Waals surface area (Å²) in [4.78, 5) is 30.0. The number of hydrogen-bond acceptors (Lipinski definition) is 6. The van der Waals surface area contributed by atoms with Crippen molar-refractivity contribution in [3.63, 3.8) is 0 Å². The summed E-state index contributed by atoms with van der Waals surface area (Å²) in [5.41, 5.74) is 1.89. The molecule has 1 N–H and O–H groups in total. The summed E-state index contributed by atoms with van der Waals surface area (Å²) in [5, 5.41) is 3.00. The van der Waals surface area contributed by atoms with Crippen LogP contribution >= 0.6 is 0 Å². The van der Waals surface area contributed by atoms with Gasteiger partial charge in [-0.15, -0.1) is 0 Å². The number of hydrogen-bond donors (Lipinski definition) is 1. The molecule has 1 atom stereocenters. The van der Waals surface area contributed by atoms with Crippen molar-refractivity contribution >= 4 is 27.5 Å². The Balaban J connectivity index is 1.79. The number of sulfonamides is 1. The molecule has 0 fully saturated rings. The van der Waals surface area contributed by atoms with E-state index in [0.29, 0.717) is 30.3 Å². The number of methoxy groups -OCH3 is 1. The van der Waals surface area contributed by atoms with E-state index in [9.17, 15) is 18.0 Å². The van der Waals surface area contributed by atoms with Gasteiger partial charge in [-0.05, 0) is 73.0 Å². The molecule has 248 valence electrons. The minimum atomic E-state index is -4.19. The van der Waals surface area contributed by atoms with Gasteiger partial charge in [-0.2, -0.15) is 0 Å². The molecule has 0 saturated carbocycles. The van der Waals surface area contributed by atoms with Crippen LogP contribution in [0, 0.1) is 0 Å². The minimum absolute atomic E-state index is 0.0409. The SMILES string of the molecule is CCCCNC(=O)[C@@H](Cc1ccccc1)N(Cc1cccc(OC)c1)C(=O)CN(c1ccc(OCC)cc1)S(=O)(=O)c1ccccc1. The molecule has 10 heteroatoms. The van der Waals surface area contributed by atoms with Crippen molar-refractivity contribution in [3.8, 4) is 11.5 Å². The summed E-state index contributed by atoms with van der Waals surface area (Å²) in [7, 11) is -2.63. The van der Waals surface area contributed by atoms with Gasteiger partial charge in [-0.3, -0.25) is 13.9 Å². The van der Waals surface area contributed by atoms with Crippen molar-refractivity contribution in [1.82, 2.24) is 10.2 Å². The van der Waals surface area contributed by atoms with E-state index >= 15 is 0 Å². The number of nitrogens with zero attached hydrogens (tertiary/aromatic N) is 2. The molecule has 4 aromatic carbocycles. The number of unbranched alkanes of at least 4 members (excludes halogenated alkanes) is 1. The molecule has 0 aliphatic carbocycles. The number of anilines is 1. The van der Waals surface area contributed by atoms with Crippen LogP contribution in [0.2, 0.25) is 0 Å². The molecule has 2 amide bonds. The van der Waals surface area contributed by atoms with Crippen molar-refractivity contribution in [1.29, 1.82) is 0 Å². The third kappa shape index (κ3) is 9.59. The molecule has 0 unspecified atom stereocenters. The van der Waals surface area contributed by atoms with E-state index < -0.39 is 28.5 Å². The topological polar surface area (TPSA) is 105 Å². The Kier molecular flexibility index (Phi) is 12.8. The first kappa shape index (κ1) is 35.0. The minimum Gasteiger partial charge on any atom is -0.497 e. The van der Waals surface area contributed by atoms with Gasteiger partial charge < -0.3 is 19.7 Å². The van der Waals surface area contributed by atoms with Gasteiger partial charge in [0.15, 0.2) is 0 Å². The zero-order valence-corrected chi connectivity index (χ0v) is 28.0. The quantitative estimate of drug-likeness (QED) is 0.143. The molecule has 0 bridgehead atoms. The van der Waals surface area contributed by atoms with Gasteiger partial charge in [-0.1, -0.05) is 74.0 Å². The van der Waals surface area contributed by atoms with Gasteiger partial charge >= 0.3 is 0 Å². The van der Waals surface area contributed by atoms with Crippen molar-refractivity contribution in [3.05, 3.63) is 120 Å². The summed E-state index contributed by atoms with van der Waals surface area (Å²) in [5.74, 6) is 0.334. The lowest BCUT2D eigenvalue weighted by molar-refractivity contribution is -0.140. The standard InChI is InChI=1S/C37H43N3O6S/c1-4-6-24-38-37(42)35(26-29-14-9-7-10-15-29)39(27-30-16-13-17-33(25-30)45-3)36(41)28-40(31-20-22-32(23-21-31)46-5-2)47(43,44)34-18-11-8-12-19-34/h7-23,25,35H,4-6,24,26-28H2,1-3H3,(H,38,42)/t35-/m1/s1. The van der Waals surface area contributed by atoms with E-state index in [-0.39, 0.29) is 23.8 Å². The number of rotatable bonds is 17. The van der Waals surface area contributed by atoms with E-state index in [2.05, 4.69) is 5.32 Å². The molecule has 9 nitrogen and oxygen atoms in total. The van der Waals surface area contributed by atoms with Gasteiger partial charge in [0, 0.05) is 19.5 Å². The molecule has 0 spiro atoms. The van der Waals surface area contributed by atoms with Gasteiger partial charge in [0.2, 0.25) is 11.8 Å². The molecule has 0 aromatic heterocycles. The van der Waals surface area contributed by atoms with Crippen LogP contribution in [0.1, 0.15) is 37.8 Å². The smallest absolute Gasteiger partial charge is 0.264 e. The van der Waals surface area contributed by atoms with Gasteiger partial charge in [0.05, 0.1) is 24.3 Å². The molecule has 47 heavy (non-hydrogen) atoms. The second-order valence-electron chi connectivity index (χ2n) is 11.0. The summed E-state index contributed by atoms with van der Waals surface area (Å²) < 4.78 is 40.4. The van der Waals surface area contributed by atoms with Crippen molar-refractivity contribution in [2.24, 2.45) is 0 Å². The van der Waals surface area contributed by atoms with Crippen molar-refractivity contribution in [2.75, 3.05) is 31.1 Å². The zero-order valence-electron chi connectivity index (χ0n) is 27.2. The fourth-order valence-corrected chi connectivity index (χ4v) is 6.59. The highest BCUT2D eigenvalue weighted by atomic mass is 32.2. The average molecular weight is 658 g/mol. The molecular formula is C37H43N3O6S. The van der Waals surface area contributed by atoms with Gasteiger partial charge in [0.25, 0.3) is 10.0 Å². The Morgan fingerprint density at radius 1 is 0.809 bits per heavy atom. The molecule has 0 aliphatic rings. The average Bonchev–Trinajstić information content (AvgIpc) is 3.10. The van der Waals surface area contributed by atoms with Crippen LogP contribution in [0.4, 0.5) is 5.69 Å². The monoisotopic (exact) mass is 657 g/mol. The predicted molar refractivity (Wildman–Crippen MR) is 184 cm³/mol. The Morgan fingerprint density at radius 3 is 2.11 bits per heavy atom. The maximum atomic E-state index is 14.6. The highest BCUT2D eigenvalue weighted by Gasteiger charge is 2.34. The van der Waals surface area contributed by atoms with Gasteiger partial charge in [-0.25, -0.2) is 8.42 Å². The van der Waals surface area contributed by atoms with Crippen molar-refractivity contribution < 1.29 is 27.5 Å². The molecule has 4 aromatic rings. The third-order valence-electron chi connectivity index (χ3n) is 7.63. The number of ether oxygens (including phenoxy) is 2. The fraction of sp³-hybridized carbons (Fsp3) is 0.297. The lowest BCUT2D eigenvalue weighted by Crippen LogP contribution is -2.53. The van der Waals surface area contributed by atoms with E-state index in [1.165, 1.54) is 17.0 Å². The molecule has 0 radical (unpaired) electrons. The highest BCUT2D eigenvalue weighted by Crippen LogP contribution is 2.27. The van der Waals surface area contributed by atoms with Gasteiger partial charge in [0.1, 0.15) is 24.1 Å². The number of benzene rings is 4. The predicted octanol–water partition coefficient (Wildman–Crippen LogP) is 5.85. The van der Waals surface area contributed by atoms with Crippen LogP contribution in [0.25, 0.3) is 0 Å². The highest BCUT2D eigenvalue weighted by molar-refractivity contribution is 7.92. The number of amides is 2. The first-order chi connectivity index (χ1) is 22.8. The van der Waals surface area contributed by atoms with Crippen LogP contribution < -0.4 is 19.1 Å². The number of carbonyl (C=O) groups is 2. The maximum Gasteiger partial charge on any atom is 0.264 e. The summed E-state index contributed by atoms with van der Waals surface area (Å²) in [6.45, 7) is 4.32. The lowest BCUT2D eigenvalue weighted by atomic mass is 10.0. The Morgan fingerprint density at radius 2 is 1.47 bits per heavy atom. The number of nitrogens with one attached hydrogen (secondary N) is 1. The molecular weight excluding hydrogens is 614 g/mol. The first-order valence-electron chi connectivity index (χ1n) is 15.8. The molecule has 0 aliphatic heterocycles. The number of carbonyl (C=O) groups excluding carboxylic acids is 2. The van der Waals surface area contributed by atoms with Crippen LogP contribution in [0.3, 0.4) is 0 Å². The summed E-state index contributed by atoms with van der Waals surface area (Å²) in [6.07, 6.45) is 1.92. The fourth-order valence-electron chi connectivity index (χ4n) is 5.15. The van der Waals surface area contributed by atoms with Crippen LogP contribution in [0.15, 0.2) is 114 Å². The molecule has 0 heterocycles. The van der Waals surface area contributed by atoms with E-state index in [1.54, 1.807) is 61.7 Å². The Bertz CT molecular complexity index is 1680. The largest absolute Gasteiger partial charge is 0.497 e. The Hall–Kier alpha value is -4.83. The van der Waals surface area contributed by atoms with Crippen LogP contribution in [0.5, 0.6) is 11.5 Å². The third-order valence-corrected chi connectivity index (χ3v) is 9.42.